The fraction of sp³-hybridized carbons (Fsp3) is 0.0323. The molecule has 11 heteroatoms. The van der Waals surface area contributed by atoms with Gasteiger partial charge in [0, 0.05) is 40.6 Å². The van der Waals surface area contributed by atoms with E-state index in [1.807, 2.05) is 0 Å². The van der Waals surface area contributed by atoms with Crippen molar-refractivity contribution in [2.45, 2.75) is 0 Å². The van der Waals surface area contributed by atoms with E-state index in [1.165, 1.54) is 55.8 Å². The van der Waals surface area contributed by atoms with Gasteiger partial charge >= 0.3 is 5.97 Å². The molecule has 0 aliphatic carbocycles. The molecule has 0 heterocycles. The van der Waals surface area contributed by atoms with Crippen LogP contribution in [0, 0.1) is 10.1 Å². The second-order valence-electron chi connectivity index (χ2n) is 8.60. The van der Waals surface area contributed by atoms with Gasteiger partial charge in [-0.25, -0.2) is 10.2 Å². The summed E-state index contributed by atoms with van der Waals surface area (Å²) in [6.45, 7) is 0. The van der Waals surface area contributed by atoms with E-state index in [1.54, 1.807) is 66.7 Å². The van der Waals surface area contributed by atoms with Gasteiger partial charge in [0.2, 0.25) is 0 Å². The van der Waals surface area contributed by atoms with Crippen molar-refractivity contribution in [3.63, 3.8) is 0 Å². The Hall–Kier alpha value is -6.10. The van der Waals surface area contributed by atoms with Crippen LogP contribution in [-0.4, -0.2) is 36.0 Å². The Kier molecular flexibility index (Phi) is 9.50. The molecular weight excluding hydrogens is 540 g/mol. The smallest absolute Gasteiger partial charge is 0.336 e. The predicted molar refractivity (Wildman–Crippen MR) is 157 cm³/mol. The van der Waals surface area contributed by atoms with E-state index in [-0.39, 0.29) is 22.9 Å². The first kappa shape index (κ1) is 28.9. The first-order valence-corrected chi connectivity index (χ1v) is 12.4. The molecule has 0 aliphatic rings. The molecule has 0 aromatic heterocycles. The van der Waals surface area contributed by atoms with Gasteiger partial charge in [0.15, 0.2) is 0 Å². The summed E-state index contributed by atoms with van der Waals surface area (Å²) < 4.78 is 10.5. The van der Waals surface area contributed by atoms with Gasteiger partial charge in [0.05, 0.1) is 18.2 Å². The molecule has 0 fully saturated rings. The van der Waals surface area contributed by atoms with E-state index < -0.39 is 16.8 Å². The van der Waals surface area contributed by atoms with Crippen LogP contribution in [0.15, 0.2) is 108 Å². The number of nitro benzene ring substituents is 1. The van der Waals surface area contributed by atoms with E-state index in [0.29, 0.717) is 28.1 Å². The third-order valence-electron chi connectivity index (χ3n) is 5.75. The summed E-state index contributed by atoms with van der Waals surface area (Å²) in [6.07, 6.45) is 3.99. The lowest BCUT2D eigenvalue weighted by atomic mass is 10.1. The monoisotopic (exact) mass is 564 g/mol. The van der Waals surface area contributed by atoms with E-state index in [4.69, 9.17) is 9.47 Å². The number of carbonyl (C=O) groups is 3. The minimum Gasteiger partial charge on any atom is -0.497 e. The van der Waals surface area contributed by atoms with Crippen LogP contribution in [0.1, 0.15) is 31.8 Å². The quantitative estimate of drug-likeness (QED) is 0.0668. The van der Waals surface area contributed by atoms with Crippen LogP contribution >= 0.6 is 0 Å². The van der Waals surface area contributed by atoms with Gasteiger partial charge in [-0.3, -0.25) is 19.7 Å². The molecule has 0 aliphatic heterocycles. The normalized spacial score (nSPS) is 10.8. The van der Waals surface area contributed by atoms with Gasteiger partial charge in [-0.05, 0) is 78.4 Å². The summed E-state index contributed by atoms with van der Waals surface area (Å²) in [6, 6.07) is 25.3. The Bertz CT molecular complexity index is 1660. The Morgan fingerprint density at radius 3 is 2.31 bits per heavy atom. The number of esters is 1. The predicted octanol–water partition coefficient (Wildman–Crippen LogP) is 5.24. The van der Waals surface area contributed by atoms with Gasteiger partial charge in [0.1, 0.15) is 11.5 Å². The highest BCUT2D eigenvalue weighted by molar-refractivity contribution is 6.05. The second kappa shape index (κ2) is 13.8. The molecule has 2 amide bonds. The summed E-state index contributed by atoms with van der Waals surface area (Å²) >= 11 is 0. The van der Waals surface area contributed by atoms with Gasteiger partial charge in [0.25, 0.3) is 17.5 Å². The summed E-state index contributed by atoms with van der Waals surface area (Å²) in [5.41, 5.74) is 4.48. The van der Waals surface area contributed by atoms with Gasteiger partial charge in [-0.15, -0.1) is 0 Å². The number of nitro groups is 1. The van der Waals surface area contributed by atoms with Crippen molar-refractivity contribution in [3.05, 3.63) is 136 Å². The van der Waals surface area contributed by atoms with Crippen LogP contribution in [0.5, 0.6) is 11.5 Å². The average Bonchev–Trinajstić information content (AvgIpc) is 3.01. The number of nitrogens with zero attached hydrogens (tertiary/aromatic N) is 2. The minimum atomic E-state index is -0.674. The van der Waals surface area contributed by atoms with Crippen LogP contribution in [0.2, 0.25) is 0 Å². The van der Waals surface area contributed by atoms with Crippen LogP contribution in [-0.2, 0) is 4.79 Å². The number of non-ortho nitro benzene ring substituents is 1. The molecule has 0 saturated carbocycles. The third-order valence-corrected chi connectivity index (χ3v) is 5.75. The highest BCUT2D eigenvalue weighted by Gasteiger charge is 2.10. The Morgan fingerprint density at radius 2 is 1.60 bits per heavy atom. The maximum atomic E-state index is 12.7. The first-order chi connectivity index (χ1) is 20.3. The van der Waals surface area contributed by atoms with Crippen molar-refractivity contribution in [1.29, 1.82) is 0 Å². The van der Waals surface area contributed by atoms with Gasteiger partial charge in [-0.1, -0.05) is 18.2 Å². The molecule has 0 radical (unpaired) electrons. The molecule has 42 heavy (non-hydrogen) atoms. The number of carbonyl (C=O) groups excluding carboxylic acids is 3. The van der Waals surface area contributed by atoms with Crippen molar-refractivity contribution in [2.24, 2.45) is 5.10 Å². The fourth-order valence-electron chi connectivity index (χ4n) is 3.60. The fourth-order valence-corrected chi connectivity index (χ4v) is 3.60. The number of para-hydroxylation sites is 1. The molecule has 0 atom stereocenters. The summed E-state index contributed by atoms with van der Waals surface area (Å²) in [5.74, 6) is -0.707. The number of hydrogen-bond acceptors (Lipinski definition) is 8. The minimum absolute atomic E-state index is 0.0563. The second-order valence-corrected chi connectivity index (χ2v) is 8.60. The van der Waals surface area contributed by atoms with E-state index >= 15 is 0 Å². The molecule has 4 aromatic carbocycles. The van der Waals surface area contributed by atoms with Crippen molar-refractivity contribution in [2.75, 3.05) is 12.4 Å². The van der Waals surface area contributed by atoms with Crippen LogP contribution in [0.3, 0.4) is 0 Å². The number of ether oxygens (including phenoxy) is 2. The maximum absolute atomic E-state index is 12.7. The zero-order chi connectivity index (χ0) is 29.9. The van der Waals surface area contributed by atoms with E-state index in [9.17, 15) is 24.5 Å². The van der Waals surface area contributed by atoms with Crippen LogP contribution in [0.4, 0.5) is 11.4 Å². The lowest BCUT2D eigenvalue weighted by Crippen LogP contribution is -2.18. The largest absolute Gasteiger partial charge is 0.497 e. The van der Waals surface area contributed by atoms with Crippen molar-refractivity contribution in [3.8, 4) is 11.5 Å². The molecule has 210 valence electrons. The number of methoxy groups -OCH3 is 1. The molecule has 11 nitrogen and oxygen atoms in total. The number of hydrazone groups is 1. The highest BCUT2D eigenvalue weighted by Crippen LogP contribution is 2.18. The van der Waals surface area contributed by atoms with Crippen molar-refractivity contribution >= 4 is 41.4 Å². The number of benzene rings is 4. The lowest BCUT2D eigenvalue weighted by molar-refractivity contribution is -0.384. The number of rotatable bonds is 10. The molecule has 4 aromatic rings. The van der Waals surface area contributed by atoms with Gasteiger partial charge < -0.3 is 14.8 Å². The maximum Gasteiger partial charge on any atom is 0.336 e. The van der Waals surface area contributed by atoms with Crippen LogP contribution in [0.25, 0.3) is 6.08 Å². The number of amides is 2. The summed E-state index contributed by atoms with van der Waals surface area (Å²) in [4.78, 5) is 47.8. The highest BCUT2D eigenvalue weighted by atomic mass is 16.6. The molecule has 0 bridgehead atoms. The molecule has 0 spiro atoms. The molecule has 0 saturated heterocycles. The SMILES string of the molecule is COc1ccc(C(=O)Nc2cccc(C(=O)NN=Cc3ccccc3OC(=O)/C=C/c3ccc([N+](=O)[O-])cc3)c2)cc1. The zero-order valence-electron chi connectivity index (χ0n) is 22.2. The molecular formula is C31H24N4O7. The van der Waals surface area contributed by atoms with E-state index in [0.717, 1.165) is 0 Å². The van der Waals surface area contributed by atoms with Crippen LogP contribution < -0.4 is 20.2 Å². The Balaban J connectivity index is 1.35. The number of anilines is 1. The molecule has 2 N–H and O–H groups in total. The molecule has 0 unspecified atom stereocenters. The number of nitrogens with one attached hydrogen (secondary N) is 2. The standard InChI is InChI=1S/C31H24N4O7/c1-41-27-16-12-22(13-17-27)30(37)33-25-7-4-6-23(19-25)31(38)34-32-20-24-5-2-3-8-28(24)42-29(36)18-11-21-9-14-26(15-10-21)35(39)40/h2-20H,1H3,(H,33,37)(H,34,38)/b18-11+,32-20?. The van der Waals surface area contributed by atoms with Crippen molar-refractivity contribution < 1.29 is 28.8 Å². The number of hydrogen-bond donors (Lipinski definition) is 2. The first-order valence-electron chi connectivity index (χ1n) is 12.4. The van der Waals surface area contributed by atoms with Gasteiger partial charge in [-0.2, -0.15) is 5.10 Å². The summed E-state index contributed by atoms with van der Waals surface area (Å²) in [5, 5.41) is 17.5. The van der Waals surface area contributed by atoms with Crippen molar-refractivity contribution in [1.82, 2.24) is 5.43 Å². The lowest BCUT2D eigenvalue weighted by Gasteiger charge is -2.08. The van der Waals surface area contributed by atoms with E-state index in [2.05, 4.69) is 15.8 Å². The zero-order valence-corrected chi connectivity index (χ0v) is 22.2. The Labute approximate surface area is 240 Å². The Morgan fingerprint density at radius 1 is 0.857 bits per heavy atom. The molecule has 4 rings (SSSR count). The average molecular weight is 565 g/mol. The topological polar surface area (TPSA) is 149 Å². The third kappa shape index (κ3) is 7.96. The summed E-state index contributed by atoms with van der Waals surface area (Å²) in [7, 11) is 1.54.